The van der Waals surface area contributed by atoms with Crippen molar-refractivity contribution in [1.29, 1.82) is 0 Å². The zero-order valence-corrected chi connectivity index (χ0v) is 6.97. The van der Waals surface area contributed by atoms with Crippen LogP contribution in [0.15, 0.2) is 18.3 Å². The Morgan fingerprint density at radius 3 is 3.08 bits per heavy atom. The van der Waals surface area contributed by atoms with Crippen LogP contribution in [0.4, 0.5) is 0 Å². The first-order valence-electron chi connectivity index (χ1n) is 3.53. The second-order valence-corrected chi connectivity index (χ2v) is 2.99. The Bertz CT molecular complexity index is 410. The number of halogens is 1. The van der Waals surface area contributed by atoms with Gasteiger partial charge in [-0.05, 0) is 12.1 Å². The number of rotatable bonds is 1. The molecule has 1 aromatic carbocycles. The standard InChI is InChI=1S/C8H7ClN2O/c9-7-1-5-3-10-11-8(5)6(2-7)4-12/h1-3,12H,4H2,(H,10,11). The Balaban J connectivity index is 2.80. The molecule has 0 saturated heterocycles. The zero-order valence-electron chi connectivity index (χ0n) is 6.21. The quantitative estimate of drug-likeness (QED) is 0.706. The van der Waals surface area contributed by atoms with E-state index in [1.54, 1.807) is 18.3 Å². The summed E-state index contributed by atoms with van der Waals surface area (Å²) in [6.45, 7) is -0.0285. The van der Waals surface area contributed by atoms with Gasteiger partial charge in [0.05, 0.1) is 18.3 Å². The van der Waals surface area contributed by atoms with Crippen molar-refractivity contribution in [1.82, 2.24) is 10.2 Å². The molecule has 0 unspecified atom stereocenters. The van der Waals surface area contributed by atoms with Crippen molar-refractivity contribution < 1.29 is 5.11 Å². The van der Waals surface area contributed by atoms with Gasteiger partial charge in [-0.3, -0.25) is 5.10 Å². The molecule has 2 N–H and O–H groups in total. The lowest BCUT2D eigenvalue weighted by Gasteiger charge is -1.98. The molecule has 2 rings (SSSR count). The molecule has 1 aromatic heterocycles. The molecule has 2 aromatic rings. The minimum absolute atomic E-state index is 0.0285. The molecule has 0 radical (unpaired) electrons. The number of hydrogen-bond donors (Lipinski definition) is 2. The molecule has 0 aliphatic carbocycles. The number of H-pyrrole nitrogens is 1. The molecule has 62 valence electrons. The van der Waals surface area contributed by atoms with Crippen LogP contribution in [0.3, 0.4) is 0 Å². The number of hydrogen-bond acceptors (Lipinski definition) is 2. The number of benzene rings is 1. The lowest BCUT2D eigenvalue weighted by molar-refractivity contribution is 0.283. The van der Waals surface area contributed by atoms with E-state index in [1.807, 2.05) is 0 Å². The predicted octanol–water partition coefficient (Wildman–Crippen LogP) is 1.71. The molecule has 0 bridgehead atoms. The highest BCUT2D eigenvalue weighted by atomic mass is 35.5. The Kier molecular flexibility index (Phi) is 1.75. The third-order valence-corrected chi connectivity index (χ3v) is 1.98. The second-order valence-electron chi connectivity index (χ2n) is 2.56. The van der Waals surface area contributed by atoms with Gasteiger partial charge >= 0.3 is 0 Å². The van der Waals surface area contributed by atoms with Crippen LogP contribution in [0.1, 0.15) is 5.56 Å². The van der Waals surface area contributed by atoms with Crippen molar-refractivity contribution in [3.8, 4) is 0 Å². The lowest BCUT2D eigenvalue weighted by Crippen LogP contribution is -1.85. The molecule has 1 heterocycles. The van der Waals surface area contributed by atoms with Crippen molar-refractivity contribution in [3.05, 3.63) is 28.9 Å². The van der Waals surface area contributed by atoms with Crippen LogP contribution in [0.2, 0.25) is 5.02 Å². The lowest BCUT2D eigenvalue weighted by atomic mass is 10.1. The van der Waals surface area contributed by atoms with Gasteiger partial charge in [0.2, 0.25) is 0 Å². The van der Waals surface area contributed by atoms with E-state index in [2.05, 4.69) is 10.2 Å². The number of fused-ring (bicyclic) bond motifs is 1. The summed E-state index contributed by atoms with van der Waals surface area (Å²) in [5.74, 6) is 0. The van der Waals surface area contributed by atoms with E-state index in [4.69, 9.17) is 16.7 Å². The third-order valence-electron chi connectivity index (χ3n) is 1.77. The first kappa shape index (κ1) is 7.58. The van der Waals surface area contributed by atoms with Crippen molar-refractivity contribution in [2.75, 3.05) is 0 Å². The highest BCUT2D eigenvalue weighted by Gasteiger charge is 2.03. The molecule has 12 heavy (non-hydrogen) atoms. The van der Waals surface area contributed by atoms with Crippen molar-refractivity contribution in [2.24, 2.45) is 0 Å². The highest BCUT2D eigenvalue weighted by molar-refractivity contribution is 6.31. The van der Waals surface area contributed by atoms with Crippen LogP contribution in [0.25, 0.3) is 10.9 Å². The normalized spacial score (nSPS) is 10.8. The number of aliphatic hydroxyl groups excluding tert-OH is 1. The summed E-state index contributed by atoms with van der Waals surface area (Å²) in [6.07, 6.45) is 1.68. The number of aromatic nitrogens is 2. The Morgan fingerprint density at radius 1 is 1.50 bits per heavy atom. The molecule has 0 amide bonds. The van der Waals surface area contributed by atoms with E-state index >= 15 is 0 Å². The van der Waals surface area contributed by atoms with Gasteiger partial charge in [0, 0.05) is 16.0 Å². The van der Waals surface area contributed by atoms with E-state index in [9.17, 15) is 0 Å². The summed E-state index contributed by atoms with van der Waals surface area (Å²) in [5.41, 5.74) is 1.62. The molecule has 0 aliphatic rings. The molecular formula is C8H7ClN2O. The fourth-order valence-electron chi connectivity index (χ4n) is 1.22. The molecule has 0 saturated carbocycles. The predicted molar refractivity (Wildman–Crippen MR) is 47.0 cm³/mol. The van der Waals surface area contributed by atoms with Crippen LogP contribution in [-0.4, -0.2) is 15.3 Å². The van der Waals surface area contributed by atoms with E-state index in [1.165, 1.54) is 0 Å². The fourth-order valence-corrected chi connectivity index (χ4v) is 1.46. The topological polar surface area (TPSA) is 48.9 Å². The number of aliphatic hydroxyl groups is 1. The smallest absolute Gasteiger partial charge is 0.0706 e. The fraction of sp³-hybridized carbons (Fsp3) is 0.125. The van der Waals surface area contributed by atoms with Gasteiger partial charge in [-0.15, -0.1) is 0 Å². The number of nitrogens with one attached hydrogen (secondary N) is 1. The maximum atomic E-state index is 8.97. The summed E-state index contributed by atoms with van der Waals surface area (Å²) >= 11 is 5.81. The SMILES string of the molecule is OCc1cc(Cl)cc2cn[nH]c12. The molecule has 0 aliphatic heterocycles. The largest absolute Gasteiger partial charge is 0.392 e. The van der Waals surface area contributed by atoms with Crippen molar-refractivity contribution in [3.63, 3.8) is 0 Å². The molecule has 4 heteroatoms. The van der Waals surface area contributed by atoms with Gasteiger partial charge in [0.15, 0.2) is 0 Å². The number of nitrogens with zero attached hydrogens (tertiary/aromatic N) is 1. The van der Waals surface area contributed by atoms with E-state index in [0.29, 0.717) is 5.02 Å². The Hall–Kier alpha value is -1.06. The molecule has 0 fully saturated rings. The third kappa shape index (κ3) is 1.07. The highest BCUT2D eigenvalue weighted by Crippen LogP contribution is 2.21. The van der Waals surface area contributed by atoms with Gasteiger partial charge in [0.25, 0.3) is 0 Å². The summed E-state index contributed by atoms with van der Waals surface area (Å²) in [4.78, 5) is 0. The summed E-state index contributed by atoms with van der Waals surface area (Å²) in [6, 6.07) is 3.53. The maximum absolute atomic E-state index is 8.97. The maximum Gasteiger partial charge on any atom is 0.0706 e. The molecule has 3 nitrogen and oxygen atoms in total. The molecule has 0 atom stereocenters. The average molecular weight is 183 g/mol. The van der Waals surface area contributed by atoms with Crippen LogP contribution in [-0.2, 0) is 6.61 Å². The summed E-state index contributed by atoms with van der Waals surface area (Å²) in [7, 11) is 0. The van der Waals surface area contributed by atoms with Crippen LogP contribution >= 0.6 is 11.6 Å². The van der Waals surface area contributed by atoms with Gasteiger partial charge in [-0.2, -0.15) is 5.10 Å². The first-order valence-corrected chi connectivity index (χ1v) is 3.91. The van der Waals surface area contributed by atoms with Gasteiger partial charge in [-0.25, -0.2) is 0 Å². The van der Waals surface area contributed by atoms with E-state index in [-0.39, 0.29) is 6.61 Å². The van der Waals surface area contributed by atoms with Crippen molar-refractivity contribution >= 4 is 22.5 Å². The van der Waals surface area contributed by atoms with Gasteiger partial charge in [-0.1, -0.05) is 11.6 Å². The van der Waals surface area contributed by atoms with E-state index < -0.39 is 0 Å². The first-order chi connectivity index (χ1) is 5.81. The van der Waals surface area contributed by atoms with Gasteiger partial charge < -0.3 is 5.11 Å². The molecular weight excluding hydrogens is 176 g/mol. The minimum atomic E-state index is -0.0285. The van der Waals surface area contributed by atoms with Crippen LogP contribution < -0.4 is 0 Å². The second kappa shape index (κ2) is 2.77. The van der Waals surface area contributed by atoms with Crippen molar-refractivity contribution in [2.45, 2.75) is 6.61 Å². The zero-order chi connectivity index (χ0) is 8.55. The molecule has 0 spiro atoms. The Labute approximate surface area is 74.0 Å². The van der Waals surface area contributed by atoms with Gasteiger partial charge in [0.1, 0.15) is 0 Å². The average Bonchev–Trinajstić information content (AvgIpc) is 2.50. The monoisotopic (exact) mass is 182 g/mol. The minimum Gasteiger partial charge on any atom is -0.392 e. The number of aromatic amines is 1. The Morgan fingerprint density at radius 2 is 2.33 bits per heavy atom. The van der Waals surface area contributed by atoms with Crippen LogP contribution in [0.5, 0.6) is 0 Å². The summed E-state index contributed by atoms with van der Waals surface area (Å²) < 4.78 is 0. The van der Waals surface area contributed by atoms with E-state index in [0.717, 1.165) is 16.5 Å². The summed E-state index contributed by atoms with van der Waals surface area (Å²) in [5, 5.41) is 17.2. The van der Waals surface area contributed by atoms with Crippen LogP contribution in [0, 0.1) is 0 Å².